The van der Waals surface area contributed by atoms with Gasteiger partial charge in [0.15, 0.2) is 0 Å². The van der Waals surface area contributed by atoms with Gasteiger partial charge in [0.2, 0.25) is 0 Å². The number of carbonyl (C=O) groups excluding carboxylic acids is 1. The first-order valence-electron chi connectivity index (χ1n) is 5.84. The number of hydrogen-bond acceptors (Lipinski definition) is 2. The maximum atomic E-state index is 11.8. The second-order valence-electron chi connectivity index (χ2n) is 4.99. The van der Waals surface area contributed by atoms with Crippen molar-refractivity contribution >= 4 is 5.78 Å². The first-order chi connectivity index (χ1) is 7.54. The van der Waals surface area contributed by atoms with Crippen LogP contribution in [0, 0.1) is 11.8 Å². The molecule has 0 aromatic heterocycles. The Kier molecular flexibility index (Phi) is 2.85. The molecule has 2 heteroatoms. The van der Waals surface area contributed by atoms with Crippen LogP contribution in [0.3, 0.4) is 0 Å². The van der Waals surface area contributed by atoms with Crippen LogP contribution >= 0.6 is 0 Å². The number of carbonyl (C=O) groups is 1. The summed E-state index contributed by atoms with van der Waals surface area (Å²) in [6.07, 6.45) is 1.26. The van der Waals surface area contributed by atoms with Gasteiger partial charge in [0.05, 0.1) is 5.60 Å². The van der Waals surface area contributed by atoms with Gasteiger partial charge < -0.3 is 5.11 Å². The second-order valence-corrected chi connectivity index (χ2v) is 4.99. The van der Waals surface area contributed by atoms with Crippen LogP contribution in [0.25, 0.3) is 0 Å². The third-order valence-electron chi connectivity index (χ3n) is 3.68. The van der Waals surface area contributed by atoms with Crippen molar-refractivity contribution in [3.8, 4) is 0 Å². The maximum absolute atomic E-state index is 11.8. The van der Waals surface area contributed by atoms with Gasteiger partial charge in [0, 0.05) is 12.3 Å². The monoisotopic (exact) mass is 218 g/mol. The molecule has 0 amide bonds. The molecule has 3 atom stereocenters. The molecule has 2 rings (SSSR count). The lowest BCUT2D eigenvalue weighted by atomic mass is 9.68. The highest BCUT2D eigenvalue weighted by Gasteiger charge is 2.44. The number of hydrogen-bond donors (Lipinski definition) is 1. The van der Waals surface area contributed by atoms with Crippen LogP contribution in [0.4, 0.5) is 0 Å². The van der Waals surface area contributed by atoms with Crippen LogP contribution in [-0.4, -0.2) is 10.9 Å². The second kappa shape index (κ2) is 4.02. The summed E-state index contributed by atoms with van der Waals surface area (Å²) in [5, 5.41) is 10.7. The molecule has 0 heterocycles. The van der Waals surface area contributed by atoms with E-state index in [-0.39, 0.29) is 17.6 Å². The summed E-state index contributed by atoms with van der Waals surface area (Å²) in [7, 11) is 0. The molecule has 0 aliphatic heterocycles. The van der Waals surface area contributed by atoms with Crippen LogP contribution in [0.15, 0.2) is 30.3 Å². The molecule has 3 unspecified atom stereocenters. The Morgan fingerprint density at radius 3 is 2.50 bits per heavy atom. The highest BCUT2D eigenvalue weighted by molar-refractivity contribution is 5.83. The van der Waals surface area contributed by atoms with Crippen molar-refractivity contribution in [2.24, 2.45) is 11.8 Å². The fraction of sp³-hybridized carbons (Fsp3) is 0.500. The molecule has 1 saturated carbocycles. The van der Waals surface area contributed by atoms with Crippen LogP contribution in [0.2, 0.25) is 0 Å². The van der Waals surface area contributed by atoms with E-state index in [1.165, 1.54) is 0 Å². The Bertz CT molecular complexity index is 385. The van der Waals surface area contributed by atoms with Gasteiger partial charge in [-0.3, -0.25) is 4.79 Å². The average Bonchev–Trinajstić information content (AvgIpc) is 2.27. The van der Waals surface area contributed by atoms with E-state index in [1.54, 1.807) is 0 Å². The van der Waals surface area contributed by atoms with E-state index in [9.17, 15) is 9.90 Å². The molecular formula is C14H18O2. The maximum Gasteiger partial charge on any atom is 0.139 e. The first-order valence-corrected chi connectivity index (χ1v) is 5.84. The van der Waals surface area contributed by atoms with Crippen molar-refractivity contribution in [1.82, 2.24) is 0 Å². The highest BCUT2D eigenvalue weighted by Crippen LogP contribution is 2.41. The lowest BCUT2D eigenvalue weighted by Gasteiger charge is -2.40. The van der Waals surface area contributed by atoms with E-state index in [0.29, 0.717) is 12.8 Å². The molecule has 1 fully saturated rings. The topological polar surface area (TPSA) is 37.3 Å². The highest BCUT2D eigenvalue weighted by atomic mass is 16.3. The number of Topliss-reactive ketones (excluding diaryl/α,β-unsaturated/α-hetero) is 1. The number of aliphatic hydroxyl groups is 1. The molecule has 1 aromatic rings. The van der Waals surface area contributed by atoms with E-state index >= 15 is 0 Å². The van der Waals surface area contributed by atoms with E-state index in [2.05, 4.69) is 0 Å². The van der Waals surface area contributed by atoms with Gasteiger partial charge in [0.25, 0.3) is 0 Å². The van der Waals surface area contributed by atoms with Gasteiger partial charge in [-0.1, -0.05) is 44.2 Å². The van der Waals surface area contributed by atoms with Gasteiger partial charge in [-0.15, -0.1) is 0 Å². The Balaban J connectivity index is 2.39. The van der Waals surface area contributed by atoms with Crippen LogP contribution in [0.5, 0.6) is 0 Å². The molecule has 0 bridgehead atoms. The third-order valence-corrected chi connectivity index (χ3v) is 3.68. The molecule has 0 spiro atoms. The molecule has 0 saturated heterocycles. The molecule has 86 valence electrons. The van der Waals surface area contributed by atoms with Crippen LogP contribution in [0.1, 0.15) is 32.3 Å². The standard InChI is InChI=1S/C14H18O2/c1-10-8-13(15)11(2)14(16,9-10)12-6-4-3-5-7-12/h3-7,10-11,16H,8-9H2,1-2H3. The van der Waals surface area contributed by atoms with Crippen molar-refractivity contribution in [1.29, 1.82) is 0 Å². The SMILES string of the molecule is CC1CC(=O)C(C)C(O)(c2ccccc2)C1. The zero-order valence-electron chi connectivity index (χ0n) is 9.81. The summed E-state index contributed by atoms with van der Waals surface area (Å²) < 4.78 is 0. The normalized spacial score (nSPS) is 35.1. The smallest absolute Gasteiger partial charge is 0.139 e. The van der Waals surface area contributed by atoms with Gasteiger partial charge in [0.1, 0.15) is 5.78 Å². The van der Waals surface area contributed by atoms with E-state index < -0.39 is 5.60 Å². The Hall–Kier alpha value is -1.15. The van der Waals surface area contributed by atoms with E-state index in [4.69, 9.17) is 0 Å². The summed E-state index contributed by atoms with van der Waals surface area (Å²) in [4.78, 5) is 11.8. The average molecular weight is 218 g/mol. The van der Waals surface area contributed by atoms with Gasteiger partial charge in [-0.05, 0) is 17.9 Å². The molecule has 2 nitrogen and oxygen atoms in total. The fourth-order valence-corrected chi connectivity index (χ4v) is 2.66. The molecule has 1 aliphatic rings. The predicted octanol–water partition coefficient (Wildman–Crippen LogP) is 2.51. The first kappa shape index (κ1) is 11.3. The summed E-state index contributed by atoms with van der Waals surface area (Å²) in [6.45, 7) is 3.86. The zero-order chi connectivity index (χ0) is 11.8. The van der Waals surface area contributed by atoms with Gasteiger partial charge in [-0.2, -0.15) is 0 Å². The minimum absolute atomic E-state index is 0.171. The molecule has 16 heavy (non-hydrogen) atoms. The molecular weight excluding hydrogens is 200 g/mol. The fourth-order valence-electron chi connectivity index (χ4n) is 2.66. The van der Waals surface area contributed by atoms with Crippen LogP contribution in [-0.2, 0) is 10.4 Å². The van der Waals surface area contributed by atoms with Crippen molar-refractivity contribution in [3.63, 3.8) is 0 Å². The van der Waals surface area contributed by atoms with Crippen LogP contribution < -0.4 is 0 Å². The molecule has 0 radical (unpaired) electrons. The van der Waals surface area contributed by atoms with Crippen molar-refractivity contribution in [2.75, 3.05) is 0 Å². The summed E-state index contributed by atoms with van der Waals surface area (Å²) in [5.74, 6) is 0.130. The zero-order valence-corrected chi connectivity index (χ0v) is 9.81. The molecule has 1 N–H and O–H groups in total. The predicted molar refractivity (Wildman–Crippen MR) is 62.9 cm³/mol. The van der Waals surface area contributed by atoms with Crippen molar-refractivity contribution in [2.45, 2.75) is 32.3 Å². The van der Waals surface area contributed by atoms with E-state index in [1.807, 2.05) is 44.2 Å². The van der Waals surface area contributed by atoms with Gasteiger partial charge >= 0.3 is 0 Å². The summed E-state index contributed by atoms with van der Waals surface area (Å²) in [5.41, 5.74) is -0.113. The van der Waals surface area contributed by atoms with Crippen molar-refractivity contribution in [3.05, 3.63) is 35.9 Å². The lowest BCUT2D eigenvalue weighted by molar-refractivity contribution is -0.141. The Morgan fingerprint density at radius 2 is 1.88 bits per heavy atom. The Labute approximate surface area is 96.3 Å². The summed E-state index contributed by atoms with van der Waals surface area (Å²) in [6, 6.07) is 9.54. The number of benzene rings is 1. The minimum Gasteiger partial charge on any atom is -0.384 e. The number of ketones is 1. The van der Waals surface area contributed by atoms with E-state index in [0.717, 1.165) is 5.56 Å². The summed E-state index contributed by atoms with van der Waals surface area (Å²) >= 11 is 0. The largest absolute Gasteiger partial charge is 0.384 e. The van der Waals surface area contributed by atoms with Gasteiger partial charge in [-0.25, -0.2) is 0 Å². The minimum atomic E-state index is -0.976. The molecule has 1 aliphatic carbocycles. The third kappa shape index (κ3) is 1.78. The van der Waals surface area contributed by atoms with Crippen molar-refractivity contribution < 1.29 is 9.90 Å². The lowest BCUT2D eigenvalue weighted by Crippen LogP contribution is -2.44. The molecule has 1 aromatic carbocycles. The number of rotatable bonds is 1. The Morgan fingerprint density at radius 1 is 1.25 bits per heavy atom. The quantitative estimate of drug-likeness (QED) is 0.786.